The summed E-state index contributed by atoms with van der Waals surface area (Å²) in [5.74, 6) is -0.524. The van der Waals surface area contributed by atoms with Crippen molar-refractivity contribution in [3.05, 3.63) is 49.8 Å². The molecule has 0 spiro atoms. The molecule has 2 atom stereocenters. The summed E-state index contributed by atoms with van der Waals surface area (Å²) in [6.45, 7) is 0.649. The van der Waals surface area contributed by atoms with Gasteiger partial charge in [-0.05, 0) is 30.2 Å². The second-order valence-corrected chi connectivity index (χ2v) is 12.6. The first-order chi connectivity index (χ1) is 13.5. The topological polar surface area (TPSA) is 177 Å². The van der Waals surface area contributed by atoms with Crippen LogP contribution in [0.5, 0.6) is 0 Å². The number of aromatic nitrogens is 2. The van der Waals surface area contributed by atoms with Gasteiger partial charge in [0.1, 0.15) is 13.0 Å². The molecule has 1 aliphatic heterocycles. The number of nitrogens with zero attached hydrogens (tertiary/aromatic N) is 1. The Kier molecular flexibility index (Phi) is 6.86. The largest absolute Gasteiger partial charge is 0.444 e. The number of nitrogens with one attached hydrogen (secondary N) is 1. The fourth-order valence-corrected chi connectivity index (χ4v) is 6.45. The van der Waals surface area contributed by atoms with Crippen molar-refractivity contribution >= 4 is 46.8 Å². The zero-order valence-electron chi connectivity index (χ0n) is 14.5. The maximum Gasteiger partial charge on any atom is 0.444 e. The van der Waals surface area contributed by atoms with Crippen molar-refractivity contribution in [1.82, 2.24) is 9.55 Å². The van der Waals surface area contributed by atoms with E-state index in [1.165, 1.54) is 6.92 Å². The van der Waals surface area contributed by atoms with Crippen LogP contribution in [0.3, 0.4) is 0 Å². The van der Waals surface area contributed by atoms with Crippen LogP contribution in [-0.2, 0) is 34.5 Å². The lowest BCUT2D eigenvalue weighted by atomic mass is 10.4. The molecule has 0 aromatic carbocycles. The van der Waals surface area contributed by atoms with Gasteiger partial charge < -0.3 is 23.9 Å². The standard InChI is InChI=1S/C11H10BF2N2O10P3S/c1-6-4-16(10(18)15-9(6)17)8-3-2-7(25-8)5-24-29(12,30)26-28(22,23)11(13,14)27(19,20)21/h4H,5H2,1H3,(H,22,23)(H,15,17,18)(H2,19,20,21). The minimum Gasteiger partial charge on any atom is -0.426 e. The van der Waals surface area contributed by atoms with Gasteiger partial charge in [-0.25, -0.2) is 9.36 Å². The van der Waals surface area contributed by atoms with E-state index in [4.69, 9.17) is 26.6 Å². The van der Waals surface area contributed by atoms with Gasteiger partial charge >= 0.3 is 26.3 Å². The van der Waals surface area contributed by atoms with Crippen LogP contribution in [0.1, 0.15) is 5.56 Å². The molecule has 0 fully saturated rings. The van der Waals surface area contributed by atoms with Crippen LogP contribution in [0.4, 0.5) is 8.78 Å². The number of H-pyrrole nitrogens is 1. The van der Waals surface area contributed by atoms with E-state index in [1.807, 2.05) is 4.98 Å². The third-order valence-corrected chi connectivity index (χ3v) is 9.28. The van der Waals surface area contributed by atoms with Crippen LogP contribution >= 0.6 is 21.6 Å². The summed E-state index contributed by atoms with van der Waals surface area (Å²) < 4.78 is 64.0. The first-order valence-electron chi connectivity index (χ1n) is 7.23. The summed E-state index contributed by atoms with van der Waals surface area (Å²) in [6, 6.07) is 0. The third-order valence-electron chi connectivity index (χ3n) is 3.16. The van der Waals surface area contributed by atoms with Gasteiger partial charge in [0.15, 0.2) is 5.76 Å². The molecule has 2 heterocycles. The van der Waals surface area contributed by atoms with Crippen molar-refractivity contribution in [3.63, 3.8) is 0 Å². The minimum absolute atomic E-state index is 0.160. The average molecular weight is 504 g/mol. The molecule has 0 bridgehead atoms. The Labute approximate surface area is 171 Å². The van der Waals surface area contributed by atoms with Crippen LogP contribution in [0, 0.1) is 6.92 Å². The van der Waals surface area contributed by atoms with Gasteiger partial charge in [0.05, 0.1) is 0 Å². The van der Waals surface area contributed by atoms with E-state index >= 15 is 0 Å². The highest BCUT2D eigenvalue weighted by atomic mass is 32.5. The second-order valence-electron chi connectivity index (χ2n) is 5.49. The summed E-state index contributed by atoms with van der Waals surface area (Å²) in [7, 11) is -7.47. The molecule has 4 N–H and O–H groups in total. The van der Waals surface area contributed by atoms with E-state index in [-0.39, 0.29) is 17.2 Å². The number of aryl methyl sites for hydroxylation is 1. The molecule has 162 valence electrons. The molecule has 0 aliphatic carbocycles. The van der Waals surface area contributed by atoms with E-state index in [2.05, 4.69) is 27.6 Å². The van der Waals surface area contributed by atoms with Crippen LogP contribution in [0.15, 0.2) is 33.0 Å². The van der Waals surface area contributed by atoms with E-state index < -0.39 is 44.8 Å². The van der Waals surface area contributed by atoms with Gasteiger partial charge in [0.2, 0.25) is 7.57 Å². The van der Waals surface area contributed by atoms with E-state index in [9.17, 15) is 32.4 Å². The lowest BCUT2D eigenvalue weighted by Gasteiger charge is -2.27. The molecule has 1 aromatic heterocycles. The maximum atomic E-state index is 13.5. The molecular weight excluding hydrogens is 494 g/mol. The molecule has 2 unspecified atom stereocenters. The van der Waals surface area contributed by atoms with Crippen molar-refractivity contribution < 1.29 is 46.2 Å². The van der Waals surface area contributed by atoms with Gasteiger partial charge in [0, 0.05) is 11.8 Å². The molecule has 12 nitrogen and oxygen atoms in total. The highest BCUT2D eigenvalue weighted by Gasteiger charge is 2.66. The number of hydrogen-bond donors (Lipinski definition) is 4. The summed E-state index contributed by atoms with van der Waals surface area (Å²) >= 11 is 4.50. The number of halogens is 2. The van der Waals surface area contributed by atoms with Crippen molar-refractivity contribution in [3.8, 4) is 0 Å². The number of aromatic amines is 1. The zero-order valence-corrected chi connectivity index (χ0v) is 18.0. The lowest BCUT2D eigenvalue weighted by molar-refractivity contribution is 0.108. The quantitative estimate of drug-likeness (QED) is 0.222. The van der Waals surface area contributed by atoms with Crippen molar-refractivity contribution in [2.24, 2.45) is 0 Å². The fraction of sp³-hybridized carbons (Fsp3) is 0.273. The van der Waals surface area contributed by atoms with Gasteiger partial charge in [0.25, 0.3) is 11.4 Å². The molecule has 0 amide bonds. The summed E-state index contributed by atoms with van der Waals surface area (Å²) in [4.78, 5) is 51.4. The SMILES string of the molecule is [B]P(=S)(OCC1=C=C=C(n2cc(C)c(=O)[nH]c2=O)O1)OP(=O)(O)C(F)(F)P(=O)(O)O. The van der Waals surface area contributed by atoms with Crippen molar-refractivity contribution in [1.29, 1.82) is 0 Å². The number of alkyl halides is 2. The summed E-state index contributed by atoms with van der Waals surface area (Å²) in [6.07, 6.45) is -3.31. The molecule has 0 saturated carbocycles. The highest BCUT2D eigenvalue weighted by Crippen LogP contribution is 2.77. The van der Waals surface area contributed by atoms with Crippen LogP contribution in [-0.4, -0.2) is 43.8 Å². The highest BCUT2D eigenvalue weighted by molar-refractivity contribution is 8.22. The first-order valence-corrected chi connectivity index (χ1v) is 13.1. The molecule has 1 aromatic rings. The van der Waals surface area contributed by atoms with Gasteiger partial charge in [-0.2, -0.15) is 8.78 Å². The predicted molar refractivity (Wildman–Crippen MR) is 101 cm³/mol. The molecule has 2 radical (unpaired) electrons. The Morgan fingerprint density at radius 1 is 1.33 bits per heavy atom. The number of hydrogen-bond acceptors (Lipinski definition) is 8. The summed E-state index contributed by atoms with van der Waals surface area (Å²) in [5.41, 5.74) is 3.38. The zero-order chi connectivity index (χ0) is 23.1. The van der Waals surface area contributed by atoms with E-state index in [0.29, 0.717) is 0 Å². The monoisotopic (exact) mass is 504 g/mol. The molecule has 2 rings (SSSR count). The maximum absolute atomic E-state index is 13.5. The lowest BCUT2D eigenvalue weighted by Crippen LogP contribution is -2.30. The first kappa shape index (κ1) is 24.9. The molecule has 1 aliphatic rings. The van der Waals surface area contributed by atoms with Crippen LogP contribution in [0.2, 0.25) is 0 Å². The second kappa shape index (κ2) is 8.28. The Balaban J connectivity index is 2.14. The molecule has 19 heteroatoms. The Morgan fingerprint density at radius 3 is 2.50 bits per heavy atom. The molecule has 30 heavy (non-hydrogen) atoms. The molecule has 0 saturated heterocycles. The van der Waals surface area contributed by atoms with E-state index in [0.717, 1.165) is 10.8 Å². The molecular formula is C11H10BF2N2O10P3S. The average Bonchev–Trinajstić information content (AvgIpc) is 3.03. The summed E-state index contributed by atoms with van der Waals surface area (Å²) in [5, 5.41) is -5.48. The number of rotatable bonds is 8. The van der Waals surface area contributed by atoms with Gasteiger partial charge in [-0.15, -0.1) is 0 Å². The fourth-order valence-electron chi connectivity index (χ4n) is 1.72. The van der Waals surface area contributed by atoms with Crippen LogP contribution < -0.4 is 11.2 Å². The van der Waals surface area contributed by atoms with Crippen molar-refractivity contribution in [2.45, 2.75) is 12.3 Å². The van der Waals surface area contributed by atoms with Gasteiger partial charge in [-0.3, -0.25) is 23.2 Å². The van der Waals surface area contributed by atoms with Crippen molar-refractivity contribution in [2.75, 3.05) is 6.61 Å². The predicted octanol–water partition coefficient (Wildman–Crippen LogP) is 0.651. The van der Waals surface area contributed by atoms with E-state index in [1.54, 1.807) is 0 Å². The smallest absolute Gasteiger partial charge is 0.426 e. The Hall–Kier alpha value is -1.39. The Bertz CT molecular complexity index is 1260. The van der Waals surface area contributed by atoms with Crippen LogP contribution in [0.25, 0.3) is 5.88 Å². The Morgan fingerprint density at radius 2 is 1.93 bits per heavy atom. The third kappa shape index (κ3) is 5.26. The minimum atomic E-state index is -6.39. The normalized spacial score (nSPS) is 18.2. The van der Waals surface area contributed by atoms with Gasteiger partial charge in [-0.1, -0.05) is 0 Å². The number of ether oxygens (including phenoxy) is 1.